The van der Waals surface area contributed by atoms with Crippen molar-refractivity contribution in [1.29, 1.82) is 0 Å². The van der Waals surface area contributed by atoms with Crippen molar-refractivity contribution in [3.63, 3.8) is 0 Å². The lowest BCUT2D eigenvalue weighted by Crippen LogP contribution is -2.68. The zero-order valence-electron chi connectivity index (χ0n) is 17.3. The molecule has 5 nitrogen and oxygen atoms in total. The van der Waals surface area contributed by atoms with Gasteiger partial charge in [0.1, 0.15) is 0 Å². The van der Waals surface area contributed by atoms with Gasteiger partial charge in [0.15, 0.2) is 6.17 Å². The number of alkyl halides is 4. The number of benzene rings is 1. The van der Waals surface area contributed by atoms with Gasteiger partial charge >= 0.3 is 6.18 Å². The molecule has 3 N–H and O–H groups in total. The van der Waals surface area contributed by atoms with Crippen LogP contribution in [0.15, 0.2) is 42.6 Å². The number of hydrogen-bond acceptors (Lipinski definition) is 5. The van der Waals surface area contributed by atoms with Crippen LogP contribution in [0.1, 0.15) is 41.3 Å². The summed E-state index contributed by atoms with van der Waals surface area (Å²) in [5.74, 6) is 0. The molecule has 2 fully saturated rings. The van der Waals surface area contributed by atoms with E-state index in [1.807, 2.05) is 24.0 Å². The van der Waals surface area contributed by atoms with Crippen LogP contribution in [0.4, 0.5) is 17.6 Å². The van der Waals surface area contributed by atoms with Crippen molar-refractivity contribution in [2.75, 3.05) is 13.2 Å². The molecule has 0 aliphatic carbocycles. The molecule has 3 heterocycles. The van der Waals surface area contributed by atoms with Gasteiger partial charge in [-0.2, -0.15) is 13.2 Å². The van der Waals surface area contributed by atoms with E-state index in [4.69, 9.17) is 0 Å². The van der Waals surface area contributed by atoms with Crippen LogP contribution in [-0.4, -0.2) is 41.6 Å². The molecule has 0 spiro atoms. The van der Waals surface area contributed by atoms with Gasteiger partial charge < -0.3 is 0 Å². The Balaban J connectivity index is 1.43. The monoisotopic (exact) mass is 437 g/mol. The van der Waals surface area contributed by atoms with Crippen molar-refractivity contribution in [3.8, 4) is 0 Å². The van der Waals surface area contributed by atoms with Crippen LogP contribution >= 0.6 is 0 Å². The number of halogens is 4. The van der Waals surface area contributed by atoms with E-state index < -0.39 is 30.2 Å². The van der Waals surface area contributed by atoms with Crippen LogP contribution in [0.25, 0.3) is 0 Å². The van der Waals surface area contributed by atoms with Gasteiger partial charge in [-0.15, -0.1) is 0 Å². The summed E-state index contributed by atoms with van der Waals surface area (Å²) in [6, 6.07) is 9.01. The summed E-state index contributed by atoms with van der Waals surface area (Å²) < 4.78 is 54.1. The largest absolute Gasteiger partial charge is 0.416 e. The summed E-state index contributed by atoms with van der Waals surface area (Å²) in [6.07, 6.45) is -3.22. The lowest BCUT2D eigenvalue weighted by Gasteiger charge is -2.42. The van der Waals surface area contributed by atoms with Crippen molar-refractivity contribution < 1.29 is 17.6 Å². The third kappa shape index (κ3) is 5.06. The minimum Gasteiger partial charge on any atom is -0.295 e. The lowest BCUT2D eigenvalue weighted by atomic mass is 10.0. The third-order valence-electron chi connectivity index (χ3n) is 6.03. The number of nitrogens with one attached hydrogen (secondary N) is 3. The van der Waals surface area contributed by atoms with E-state index >= 15 is 4.39 Å². The second-order valence-electron chi connectivity index (χ2n) is 8.16. The fourth-order valence-corrected chi connectivity index (χ4v) is 4.37. The number of likely N-dealkylation sites (tertiary alicyclic amines) is 1. The SMILES string of the molecule is Cc1ccc(CNC2NCNC(N3CCCC3c3ccc(C(F)(F)F)cc3)C2F)cn1. The van der Waals surface area contributed by atoms with Crippen LogP contribution in [0.2, 0.25) is 0 Å². The normalized spacial score (nSPS) is 27.5. The minimum absolute atomic E-state index is 0.113. The summed E-state index contributed by atoms with van der Waals surface area (Å²) in [5, 5.41) is 9.52. The zero-order chi connectivity index (χ0) is 22.0. The second kappa shape index (κ2) is 9.20. The van der Waals surface area contributed by atoms with Crippen molar-refractivity contribution >= 4 is 0 Å². The molecule has 2 saturated heterocycles. The fourth-order valence-electron chi connectivity index (χ4n) is 4.37. The van der Waals surface area contributed by atoms with Crippen molar-refractivity contribution in [1.82, 2.24) is 25.8 Å². The maximum absolute atomic E-state index is 15.4. The average molecular weight is 437 g/mol. The summed E-state index contributed by atoms with van der Waals surface area (Å²) in [7, 11) is 0. The predicted molar refractivity (Wildman–Crippen MR) is 110 cm³/mol. The van der Waals surface area contributed by atoms with Gasteiger partial charge in [-0.25, -0.2) is 4.39 Å². The molecule has 168 valence electrons. The molecule has 4 atom stereocenters. The van der Waals surface area contributed by atoms with Crippen molar-refractivity contribution in [2.24, 2.45) is 0 Å². The van der Waals surface area contributed by atoms with Gasteiger partial charge in [0.2, 0.25) is 0 Å². The molecular weight excluding hydrogens is 410 g/mol. The number of aromatic nitrogens is 1. The molecule has 1 aromatic heterocycles. The van der Waals surface area contributed by atoms with E-state index in [1.165, 1.54) is 12.1 Å². The highest BCUT2D eigenvalue weighted by Gasteiger charge is 2.41. The lowest BCUT2D eigenvalue weighted by molar-refractivity contribution is -0.137. The zero-order valence-corrected chi connectivity index (χ0v) is 17.3. The Kier molecular flexibility index (Phi) is 6.57. The summed E-state index contributed by atoms with van der Waals surface area (Å²) >= 11 is 0. The first-order chi connectivity index (χ1) is 14.8. The average Bonchev–Trinajstić information content (AvgIpc) is 3.23. The molecular formula is C22H27F4N5. The van der Waals surface area contributed by atoms with Crippen molar-refractivity contribution in [2.45, 2.75) is 57.0 Å². The second-order valence-corrected chi connectivity index (χ2v) is 8.16. The standard InChI is InChI=1S/C22H27F4N5/c1-14-4-5-15(11-27-14)12-28-20-19(23)21(30-13-29-20)31-10-2-3-18(31)16-6-8-17(9-7-16)22(24,25)26/h4-9,11,18-21,28-30H,2-3,10,12-13H2,1H3. The van der Waals surface area contributed by atoms with Gasteiger partial charge in [0.05, 0.1) is 17.9 Å². The molecule has 4 rings (SSSR count). The smallest absolute Gasteiger partial charge is 0.295 e. The van der Waals surface area contributed by atoms with E-state index in [9.17, 15) is 13.2 Å². The van der Waals surface area contributed by atoms with E-state index in [1.54, 1.807) is 6.20 Å². The number of hydrogen-bond donors (Lipinski definition) is 3. The van der Waals surface area contributed by atoms with E-state index in [2.05, 4.69) is 20.9 Å². The Morgan fingerprint density at radius 1 is 1.13 bits per heavy atom. The molecule has 4 unspecified atom stereocenters. The molecule has 0 amide bonds. The Hall–Kier alpha value is -2.07. The van der Waals surface area contributed by atoms with Gasteiger partial charge in [-0.05, 0) is 49.1 Å². The Bertz CT molecular complexity index is 856. The van der Waals surface area contributed by atoms with Gasteiger partial charge in [-0.3, -0.25) is 25.8 Å². The maximum atomic E-state index is 15.4. The van der Waals surface area contributed by atoms with Crippen molar-refractivity contribution in [3.05, 3.63) is 65.0 Å². The molecule has 1 aromatic carbocycles. The Morgan fingerprint density at radius 2 is 1.90 bits per heavy atom. The van der Waals surface area contributed by atoms with E-state index in [0.717, 1.165) is 41.8 Å². The molecule has 31 heavy (non-hydrogen) atoms. The van der Waals surface area contributed by atoms with E-state index in [0.29, 0.717) is 19.8 Å². The highest BCUT2D eigenvalue weighted by Crippen LogP contribution is 2.36. The topological polar surface area (TPSA) is 52.2 Å². The fraction of sp³-hybridized carbons (Fsp3) is 0.500. The van der Waals surface area contributed by atoms with Gasteiger partial charge in [-0.1, -0.05) is 18.2 Å². The van der Waals surface area contributed by atoms with Crippen LogP contribution in [0.3, 0.4) is 0 Å². The van der Waals surface area contributed by atoms with Gasteiger partial charge in [0.25, 0.3) is 0 Å². The number of pyridine rings is 1. The number of aryl methyl sites for hydroxylation is 1. The van der Waals surface area contributed by atoms with Crippen LogP contribution in [0, 0.1) is 6.92 Å². The summed E-state index contributed by atoms with van der Waals surface area (Å²) in [5.41, 5.74) is 2.02. The van der Waals surface area contributed by atoms with Crippen LogP contribution in [0.5, 0.6) is 0 Å². The summed E-state index contributed by atoms with van der Waals surface area (Å²) in [6.45, 7) is 3.53. The number of nitrogens with zero attached hydrogens (tertiary/aromatic N) is 2. The maximum Gasteiger partial charge on any atom is 0.416 e. The Morgan fingerprint density at radius 3 is 2.58 bits per heavy atom. The first kappa shape index (κ1) is 22.1. The third-order valence-corrected chi connectivity index (χ3v) is 6.03. The van der Waals surface area contributed by atoms with Crippen LogP contribution in [-0.2, 0) is 12.7 Å². The molecule has 0 saturated carbocycles. The molecule has 2 aliphatic heterocycles. The highest BCUT2D eigenvalue weighted by molar-refractivity contribution is 5.27. The predicted octanol–water partition coefficient (Wildman–Crippen LogP) is 3.48. The molecule has 2 aliphatic rings. The molecule has 2 aromatic rings. The highest BCUT2D eigenvalue weighted by atomic mass is 19.4. The first-order valence-corrected chi connectivity index (χ1v) is 10.5. The summed E-state index contributed by atoms with van der Waals surface area (Å²) in [4.78, 5) is 6.30. The van der Waals surface area contributed by atoms with Crippen LogP contribution < -0.4 is 16.0 Å². The minimum atomic E-state index is -4.36. The van der Waals surface area contributed by atoms with E-state index in [-0.39, 0.29) is 6.04 Å². The molecule has 0 bridgehead atoms. The molecule has 9 heteroatoms. The first-order valence-electron chi connectivity index (χ1n) is 10.5. The number of rotatable bonds is 5. The quantitative estimate of drug-likeness (QED) is 0.626. The molecule has 0 radical (unpaired) electrons. The Labute approximate surface area is 179 Å². The van der Waals surface area contributed by atoms with Gasteiger partial charge in [0, 0.05) is 37.7 Å².